The molecule has 0 aliphatic carbocycles. The van der Waals surface area contributed by atoms with Crippen LogP contribution in [0.4, 0.5) is 13.2 Å². The molecule has 0 fully saturated rings. The molecule has 0 bridgehead atoms. The van der Waals surface area contributed by atoms with E-state index in [1.807, 2.05) is 0 Å². The molecule has 3 N–H and O–H groups in total. The number of rotatable bonds is 8. The maximum atomic E-state index is 14.0. The second-order valence-electron chi connectivity index (χ2n) is 8.84. The molecule has 0 aliphatic rings. The molecule has 0 aliphatic heterocycles. The van der Waals surface area contributed by atoms with E-state index in [-0.39, 0.29) is 29.4 Å². The van der Waals surface area contributed by atoms with Crippen molar-refractivity contribution in [3.8, 4) is 34.0 Å². The second kappa shape index (κ2) is 10.2. The lowest BCUT2D eigenvalue weighted by atomic mass is 9.94. The summed E-state index contributed by atoms with van der Waals surface area (Å²) in [4.78, 5) is 15.6. The van der Waals surface area contributed by atoms with E-state index >= 15 is 0 Å². The lowest BCUT2D eigenvalue weighted by molar-refractivity contribution is -0.146. The lowest BCUT2D eigenvalue weighted by Crippen LogP contribution is -2.52. The number of aryl methyl sites for hydroxylation is 1. The molecule has 1 aromatic heterocycles. The predicted molar refractivity (Wildman–Crippen MR) is 130 cm³/mol. The fourth-order valence-electron chi connectivity index (χ4n) is 3.75. The number of carbonyl (C=O) groups is 1. The van der Waals surface area contributed by atoms with Crippen LogP contribution in [0.3, 0.4) is 0 Å². The van der Waals surface area contributed by atoms with Gasteiger partial charge in [0, 0.05) is 17.7 Å². The summed E-state index contributed by atoms with van der Waals surface area (Å²) in [6.07, 6.45) is -4.59. The topological polar surface area (TPSA) is 108 Å². The van der Waals surface area contributed by atoms with Gasteiger partial charge in [-0.15, -0.1) is 0 Å². The monoisotopic (exact) mass is 511 g/mol. The first-order valence-corrected chi connectivity index (χ1v) is 11.3. The van der Waals surface area contributed by atoms with E-state index in [0.717, 1.165) is 17.2 Å². The molecule has 4 rings (SSSR count). The van der Waals surface area contributed by atoms with E-state index in [9.17, 15) is 28.2 Å². The number of hydrogen-bond donors (Lipinski definition) is 3. The Morgan fingerprint density at radius 3 is 2.30 bits per heavy atom. The van der Waals surface area contributed by atoms with Crippen molar-refractivity contribution < 1.29 is 32.7 Å². The number of halogens is 3. The van der Waals surface area contributed by atoms with E-state index in [4.69, 9.17) is 4.52 Å². The molecule has 7 nitrogen and oxygen atoms in total. The number of aliphatic hydroxyl groups excluding tert-OH is 1. The van der Waals surface area contributed by atoms with Crippen molar-refractivity contribution in [1.82, 2.24) is 15.5 Å². The van der Waals surface area contributed by atoms with Crippen LogP contribution in [0.25, 0.3) is 34.0 Å². The van der Waals surface area contributed by atoms with Gasteiger partial charge >= 0.3 is 12.1 Å². The van der Waals surface area contributed by atoms with Crippen molar-refractivity contribution in [1.29, 1.82) is 0 Å². The number of aliphatic carboxylic acids is 1. The molecule has 0 spiro atoms. The van der Waals surface area contributed by atoms with Gasteiger partial charge in [-0.05, 0) is 48.2 Å². The van der Waals surface area contributed by atoms with Crippen molar-refractivity contribution in [2.24, 2.45) is 0 Å². The van der Waals surface area contributed by atoms with E-state index in [1.165, 1.54) is 19.1 Å². The van der Waals surface area contributed by atoms with Gasteiger partial charge in [-0.3, -0.25) is 10.1 Å². The Balaban J connectivity index is 1.58. The maximum Gasteiger partial charge on any atom is 0.417 e. The second-order valence-corrected chi connectivity index (χ2v) is 8.84. The number of hydrogen-bond acceptors (Lipinski definition) is 6. The highest BCUT2D eigenvalue weighted by Crippen LogP contribution is 2.40. The summed E-state index contributed by atoms with van der Waals surface area (Å²) in [5.74, 6) is -1.04. The molecule has 1 heterocycles. The Morgan fingerprint density at radius 2 is 1.68 bits per heavy atom. The molecule has 1 atom stereocenters. The molecule has 10 heteroatoms. The maximum absolute atomic E-state index is 14.0. The van der Waals surface area contributed by atoms with Crippen molar-refractivity contribution in [3.05, 3.63) is 83.4 Å². The van der Waals surface area contributed by atoms with Gasteiger partial charge in [-0.1, -0.05) is 59.8 Å². The number of aliphatic hydroxyl groups is 1. The SMILES string of the molecule is Cc1ccccc1-c1ccc(-c2nc(-c3ccc(CNC(C)(CO)C(=O)O)cc3)no2)cc1C(F)(F)F. The fraction of sp³-hybridized carbons (Fsp3) is 0.222. The van der Waals surface area contributed by atoms with Crippen LogP contribution in [0.1, 0.15) is 23.6 Å². The Labute approximate surface area is 210 Å². The summed E-state index contributed by atoms with van der Waals surface area (Å²) >= 11 is 0. The molecule has 0 saturated carbocycles. The zero-order valence-electron chi connectivity index (χ0n) is 20.0. The average molecular weight is 512 g/mol. The molecule has 0 amide bonds. The van der Waals surface area contributed by atoms with E-state index in [0.29, 0.717) is 11.1 Å². The van der Waals surface area contributed by atoms with Crippen LogP contribution in [0.5, 0.6) is 0 Å². The first kappa shape index (κ1) is 26.1. The van der Waals surface area contributed by atoms with E-state index in [1.54, 1.807) is 55.5 Å². The average Bonchev–Trinajstić information content (AvgIpc) is 3.37. The number of nitrogens with one attached hydrogen (secondary N) is 1. The van der Waals surface area contributed by atoms with Gasteiger partial charge in [0.15, 0.2) is 0 Å². The van der Waals surface area contributed by atoms with Crippen LogP contribution in [-0.2, 0) is 17.5 Å². The lowest BCUT2D eigenvalue weighted by Gasteiger charge is -2.23. The summed E-state index contributed by atoms with van der Waals surface area (Å²) in [6, 6.07) is 17.6. The molecule has 4 aromatic rings. The van der Waals surface area contributed by atoms with Crippen LogP contribution < -0.4 is 5.32 Å². The number of alkyl halides is 3. The first-order chi connectivity index (χ1) is 17.5. The van der Waals surface area contributed by atoms with Crippen LogP contribution >= 0.6 is 0 Å². The van der Waals surface area contributed by atoms with E-state index in [2.05, 4.69) is 15.5 Å². The van der Waals surface area contributed by atoms with Gasteiger partial charge in [-0.2, -0.15) is 18.2 Å². The summed E-state index contributed by atoms with van der Waals surface area (Å²) in [5, 5.41) is 25.3. The standard InChI is InChI=1S/C27H24F3N3O4/c1-16-5-3-4-6-20(16)21-12-11-19(13-22(21)27(28,29)30)24-32-23(33-37-24)18-9-7-17(8-10-18)14-31-26(2,15-34)25(35)36/h3-13,31,34H,14-15H2,1-2H3,(H,35,36). The highest BCUT2D eigenvalue weighted by atomic mass is 19.4. The first-order valence-electron chi connectivity index (χ1n) is 11.3. The molecule has 0 saturated heterocycles. The third-order valence-corrected chi connectivity index (χ3v) is 6.12. The minimum atomic E-state index is -4.59. The number of aromatic nitrogens is 2. The third kappa shape index (κ3) is 5.55. The van der Waals surface area contributed by atoms with Crippen molar-refractivity contribution >= 4 is 5.97 Å². The molecule has 1 unspecified atom stereocenters. The normalized spacial score (nSPS) is 13.4. The van der Waals surface area contributed by atoms with E-state index < -0.39 is 29.9 Å². The minimum Gasteiger partial charge on any atom is -0.480 e. The Hall–Kier alpha value is -4.02. The third-order valence-electron chi connectivity index (χ3n) is 6.12. The highest BCUT2D eigenvalue weighted by Gasteiger charge is 2.35. The Bertz CT molecular complexity index is 1420. The fourth-order valence-corrected chi connectivity index (χ4v) is 3.75. The number of carboxylic acid groups (broad SMARTS) is 1. The zero-order chi connectivity index (χ0) is 26.8. The largest absolute Gasteiger partial charge is 0.480 e. The molecule has 3 aromatic carbocycles. The molecular formula is C27H24F3N3O4. The minimum absolute atomic E-state index is 0.0530. The summed E-state index contributed by atoms with van der Waals surface area (Å²) in [6.45, 7) is 2.75. The van der Waals surface area contributed by atoms with Gasteiger partial charge in [0.2, 0.25) is 5.82 Å². The van der Waals surface area contributed by atoms with Crippen molar-refractivity contribution in [3.63, 3.8) is 0 Å². The van der Waals surface area contributed by atoms with Gasteiger partial charge in [0.1, 0.15) is 5.54 Å². The van der Waals surface area contributed by atoms with Crippen LogP contribution in [0, 0.1) is 6.92 Å². The van der Waals surface area contributed by atoms with Crippen LogP contribution in [0.15, 0.2) is 71.3 Å². The molecule has 192 valence electrons. The highest BCUT2D eigenvalue weighted by molar-refractivity contribution is 5.78. The number of benzene rings is 3. The summed E-state index contributed by atoms with van der Waals surface area (Å²) < 4.78 is 47.1. The number of carboxylic acids is 1. The summed E-state index contributed by atoms with van der Waals surface area (Å²) in [5.41, 5.74) is 0.454. The quantitative estimate of drug-likeness (QED) is 0.294. The van der Waals surface area contributed by atoms with Gasteiger partial charge in [0.25, 0.3) is 5.89 Å². The summed E-state index contributed by atoms with van der Waals surface area (Å²) in [7, 11) is 0. The predicted octanol–water partition coefficient (Wildman–Crippen LogP) is 5.32. The zero-order valence-corrected chi connectivity index (χ0v) is 20.0. The van der Waals surface area contributed by atoms with Crippen molar-refractivity contribution in [2.45, 2.75) is 32.1 Å². The van der Waals surface area contributed by atoms with Gasteiger partial charge in [0.05, 0.1) is 12.2 Å². The molecular weight excluding hydrogens is 487 g/mol. The van der Waals surface area contributed by atoms with Crippen molar-refractivity contribution in [2.75, 3.05) is 6.61 Å². The number of nitrogens with zero attached hydrogens (tertiary/aromatic N) is 2. The Kier molecular flexibility index (Phi) is 7.15. The van der Waals surface area contributed by atoms with Gasteiger partial charge in [-0.25, -0.2) is 0 Å². The molecule has 0 radical (unpaired) electrons. The smallest absolute Gasteiger partial charge is 0.417 e. The van der Waals surface area contributed by atoms with Gasteiger partial charge < -0.3 is 14.7 Å². The van der Waals surface area contributed by atoms with Crippen LogP contribution in [-0.4, -0.2) is 38.5 Å². The van der Waals surface area contributed by atoms with Crippen LogP contribution in [0.2, 0.25) is 0 Å². The molecule has 37 heavy (non-hydrogen) atoms. The Morgan fingerprint density at radius 1 is 1.00 bits per heavy atom.